The van der Waals surface area contributed by atoms with Crippen molar-refractivity contribution in [2.75, 3.05) is 0 Å². The molecule has 1 aliphatic rings. The quantitative estimate of drug-likeness (QED) is 0.868. The van der Waals surface area contributed by atoms with Crippen LogP contribution in [-0.2, 0) is 19.4 Å². The molecule has 0 saturated carbocycles. The average Bonchev–Trinajstić information content (AvgIpc) is 2.67. The Morgan fingerprint density at radius 2 is 2.22 bits per heavy atom. The molecule has 1 aliphatic heterocycles. The van der Waals surface area contributed by atoms with E-state index in [1.165, 1.54) is 42.9 Å². The summed E-state index contributed by atoms with van der Waals surface area (Å²) in [6.45, 7) is 9.88. The zero-order chi connectivity index (χ0) is 13.1. The van der Waals surface area contributed by atoms with Crippen LogP contribution in [0.1, 0.15) is 70.2 Å². The Labute approximate surface area is 111 Å². The molecule has 18 heavy (non-hydrogen) atoms. The largest absolute Gasteiger partial charge is 0.329 e. The molecule has 0 fully saturated rings. The van der Waals surface area contributed by atoms with Gasteiger partial charge in [0.2, 0.25) is 0 Å². The molecule has 1 aromatic rings. The van der Waals surface area contributed by atoms with Gasteiger partial charge in [-0.05, 0) is 32.6 Å². The first-order valence-corrected chi connectivity index (χ1v) is 7.45. The minimum Gasteiger partial charge on any atom is -0.329 e. The second kappa shape index (κ2) is 5.87. The lowest BCUT2D eigenvalue weighted by Crippen LogP contribution is -2.23. The van der Waals surface area contributed by atoms with E-state index < -0.39 is 0 Å². The predicted molar refractivity (Wildman–Crippen MR) is 75.8 cm³/mol. The molecule has 1 atom stereocenters. The van der Waals surface area contributed by atoms with Gasteiger partial charge in [-0.1, -0.05) is 20.8 Å². The van der Waals surface area contributed by atoms with E-state index in [1.807, 2.05) is 0 Å². The molecule has 3 nitrogen and oxygen atoms in total. The lowest BCUT2D eigenvalue weighted by molar-refractivity contribution is 0.415. The fraction of sp³-hybridized carbons (Fsp3) is 0.800. The van der Waals surface area contributed by atoms with Crippen LogP contribution in [0.15, 0.2) is 0 Å². The van der Waals surface area contributed by atoms with Gasteiger partial charge in [0.1, 0.15) is 5.82 Å². The molecule has 1 N–H and O–H groups in total. The maximum atomic E-state index is 4.90. The van der Waals surface area contributed by atoms with E-state index in [2.05, 4.69) is 37.6 Å². The predicted octanol–water partition coefficient (Wildman–Crippen LogP) is 3.23. The highest BCUT2D eigenvalue weighted by Gasteiger charge is 2.23. The highest BCUT2D eigenvalue weighted by atomic mass is 15.1. The van der Waals surface area contributed by atoms with Crippen molar-refractivity contribution in [1.82, 2.24) is 14.9 Å². The number of rotatable bonds is 5. The molecule has 1 unspecified atom stereocenters. The second-order valence-corrected chi connectivity index (χ2v) is 5.82. The summed E-state index contributed by atoms with van der Waals surface area (Å²) in [4.78, 5) is 4.90. The third-order valence-electron chi connectivity index (χ3n) is 3.79. The molecule has 0 aromatic carbocycles. The van der Waals surface area contributed by atoms with E-state index in [-0.39, 0.29) is 0 Å². The molecule has 2 rings (SSSR count). The fourth-order valence-electron chi connectivity index (χ4n) is 2.89. The maximum Gasteiger partial charge on any atom is 0.109 e. The van der Waals surface area contributed by atoms with Crippen molar-refractivity contribution in [3.05, 3.63) is 17.2 Å². The molecule has 102 valence electrons. The first-order valence-electron chi connectivity index (χ1n) is 7.45. The van der Waals surface area contributed by atoms with Crippen LogP contribution < -0.4 is 5.32 Å². The number of aryl methyl sites for hydroxylation is 1. The third kappa shape index (κ3) is 2.77. The minimum absolute atomic E-state index is 0.526. The van der Waals surface area contributed by atoms with Crippen LogP contribution in [0.2, 0.25) is 0 Å². The summed E-state index contributed by atoms with van der Waals surface area (Å²) in [6.07, 6.45) is 6.11. The minimum atomic E-state index is 0.526. The molecule has 0 spiro atoms. The van der Waals surface area contributed by atoms with Crippen molar-refractivity contribution in [2.45, 2.75) is 78.4 Å². The Kier molecular flexibility index (Phi) is 4.44. The second-order valence-electron chi connectivity index (χ2n) is 5.82. The third-order valence-corrected chi connectivity index (χ3v) is 3.79. The lowest BCUT2D eigenvalue weighted by atomic mass is 10.0. The van der Waals surface area contributed by atoms with Crippen LogP contribution in [0.3, 0.4) is 0 Å². The Morgan fingerprint density at radius 1 is 1.44 bits per heavy atom. The van der Waals surface area contributed by atoms with Crippen molar-refractivity contribution in [2.24, 2.45) is 0 Å². The number of imidazole rings is 1. The summed E-state index contributed by atoms with van der Waals surface area (Å²) in [5.74, 6) is 1.31. The van der Waals surface area contributed by atoms with Gasteiger partial charge in [0.15, 0.2) is 0 Å². The average molecular weight is 249 g/mol. The van der Waals surface area contributed by atoms with Crippen LogP contribution in [0, 0.1) is 0 Å². The first kappa shape index (κ1) is 13.6. The number of fused-ring (bicyclic) bond motifs is 1. The molecule has 3 heteroatoms. The number of hydrogen-bond acceptors (Lipinski definition) is 2. The maximum absolute atomic E-state index is 4.90. The zero-order valence-electron chi connectivity index (χ0n) is 12.3. The van der Waals surface area contributed by atoms with Crippen molar-refractivity contribution < 1.29 is 0 Å². The van der Waals surface area contributed by atoms with Crippen molar-refractivity contribution >= 4 is 0 Å². The molecular formula is C15H27N3. The van der Waals surface area contributed by atoms with Gasteiger partial charge < -0.3 is 9.88 Å². The summed E-state index contributed by atoms with van der Waals surface area (Å²) in [7, 11) is 0. The first-order chi connectivity index (χ1) is 8.63. The lowest BCUT2D eigenvalue weighted by Gasteiger charge is -2.24. The van der Waals surface area contributed by atoms with E-state index in [0.717, 1.165) is 13.0 Å². The van der Waals surface area contributed by atoms with E-state index >= 15 is 0 Å². The smallest absolute Gasteiger partial charge is 0.109 e. The SMILES string of the molecule is CCCc1nc(CNC(C)C)c2n1C(C)CCC2. The summed E-state index contributed by atoms with van der Waals surface area (Å²) in [6, 6.07) is 1.16. The van der Waals surface area contributed by atoms with Crippen LogP contribution >= 0.6 is 0 Å². The van der Waals surface area contributed by atoms with Gasteiger partial charge in [-0.25, -0.2) is 4.98 Å². The normalized spacial score (nSPS) is 19.3. The Balaban J connectivity index is 2.27. The van der Waals surface area contributed by atoms with Gasteiger partial charge in [0, 0.05) is 30.7 Å². The summed E-state index contributed by atoms with van der Waals surface area (Å²) >= 11 is 0. The fourth-order valence-corrected chi connectivity index (χ4v) is 2.89. The standard InChI is InChI=1S/C15H27N3/c1-5-7-15-17-13(10-16-11(2)3)14-9-6-8-12(4)18(14)15/h11-12,16H,5-10H2,1-4H3. The van der Waals surface area contributed by atoms with Gasteiger partial charge in [0.05, 0.1) is 5.69 Å². The summed E-state index contributed by atoms with van der Waals surface area (Å²) < 4.78 is 2.52. The zero-order valence-corrected chi connectivity index (χ0v) is 12.3. The molecule has 0 bridgehead atoms. The Morgan fingerprint density at radius 3 is 2.89 bits per heavy atom. The highest BCUT2D eigenvalue weighted by Crippen LogP contribution is 2.29. The van der Waals surface area contributed by atoms with Gasteiger partial charge >= 0.3 is 0 Å². The molecule has 2 heterocycles. The Hall–Kier alpha value is -0.830. The van der Waals surface area contributed by atoms with Crippen LogP contribution in [0.5, 0.6) is 0 Å². The molecule has 1 aromatic heterocycles. The van der Waals surface area contributed by atoms with Crippen LogP contribution in [-0.4, -0.2) is 15.6 Å². The van der Waals surface area contributed by atoms with E-state index in [1.54, 1.807) is 0 Å². The summed E-state index contributed by atoms with van der Waals surface area (Å²) in [5.41, 5.74) is 2.78. The molecule has 0 radical (unpaired) electrons. The number of hydrogen-bond donors (Lipinski definition) is 1. The highest BCUT2D eigenvalue weighted by molar-refractivity contribution is 5.21. The molecule has 0 saturated heterocycles. The topological polar surface area (TPSA) is 29.9 Å². The van der Waals surface area contributed by atoms with E-state index in [0.29, 0.717) is 12.1 Å². The molecule has 0 amide bonds. The van der Waals surface area contributed by atoms with Gasteiger partial charge in [0.25, 0.3) is 0 Å². The van der Waals surface area contributed by atoms with E-state index in [9.17, 15) is 0 Å². The van der Waals surface area contributed by atoms with Crippen LogP contribution in [0.4, 0.5) is 0 Å². The van der Waals surface area contributed by atoms with Gasteiger partial charge in [-0.3, -0.25) is 0 Å². The van der Waals surface area contributed by atoms with Gasteiger partial charge in [-0.15, -0.1) is 0 Å². The van der Waals surface area contributed by atoms with Crippen LogP contribution in [0.25, 0.3) is 0 Å². The molecular weight excluding hydrogens is 222 g/mol. The number of aromatic nitrogens is 2. The number of nitrogens with zero attached hydrogens (tertiary/aromatic N) is 2. The Bertz CT molecular complexity index is 393. The number of nitrogens with one attached hydrogen (secondary N) is 1. The van der Waals surface area contributed by atoms with E-state index in [4.69, 9.17) is 4.98 Å². The monoisotopic (exact) mass is 249 g/mol. The van der Waals surface area contributed by atoms with Crippen molar-refractivity contribution in [3.63, 3.8) is 0 Å². The summed E-state index contributed by atoms with van der Waals surface area (Å²) in [5, 5.41) is 3.51. The van der Waals surface area contributed by atoms with Crippen molar-refractivity contribution in [1.29, 1.82) is 0 Å². The molecule has 0 aliphatic carbocycles. The van der Waals surface area contributed by atoms with Crippen molar-refractivity contribution in [3.8, 4) is 0 Å². The van der Waals surface area contributed by atoms with Gasteiger partial charge in [-0.2, -0.15) is 0 Å².